The minimum Gasteiger partial charge on any atom is -0.389 e. The molecule has 0 radical (unpaired) electrons. The minimum absolute atomic E-state index is 0.189. The molecule has 0 saturated carbocycles. The Hall–Kier alpha value is -1.07. The average molecular weight is 255 g/mol. The van der Waals surface area contributed by atoms with Crippen molar-refractivity contribution in [2.45, 2.75) is 39.4 Å². The molecule has 0 amide bonds. The highest BCUT2D eigenvalue weighted by atomic mass is 16.5. The summed E-state index contributed by atoms with van der Waals surface area (Å²) in [5.74, 6) is 1.38. The van der Waals surface area contributed by atoms with Gasteiger partial charge in [-0.15, -0.1) is 0 Å². The molecule has 1 heterocycles. The van der Waals surface area contributed by atoms with Crippen LogP contribution in [0.5, 0.6) is 0 Å². The molecule has 0 aliphatic carbocycles. The van der Waals surface area contributed by atoms with Crippen molar-refractivity contribution in [1.29, 1.82) is 0 Å². The van der Waals surface area contributed by atoms with Crippen LogP contribution in [0.1, 0.15) is 27.2 Å². The zero-order valence-electron chi connectivity index (χ0n) is 11.8. The van der Waals surface area contributed by atoms with Crippen molar-refractivity contribution in [3.05, 3.63) is 12.3 Å². The molecule has 5 heteroatoms. The number of hydrogen-bond acceptors (Lipinski definition) is 4. The molecule has 18 heavy (non-hydrogen) atoms. The number of aliphatic hydroxyl groups excluding tert-OH is 1. The summed E-state index contributed by atoms with van der Waals surface area (Å²) in [6.07, 6.45) is 2.55. The maximum atomic E-state index is 9.78. The Labute approximate surface area is 109 Å². The molecule has 2 unspecified atom stereocenters. The first-order valence-corrected chi connectivity index (χ1v) is 6.50. The molecule has 0 aromatic carbocycles. The van der Waals surface area contributed by atoms with Gasteiger partial charge < -0.3 is 15.2 Å². The molecule has 5 nitrogen and oxygen atoms in total. The zero-order chi connectivity index (χ0) is 13.5. The zero-order valence-corrected chi connectivity index (χ0v) is 11.8. The van der Waals surface area contributed by atoms with E-state index in [0.29, 0.717) is 19.1 Å². The van der Waals surface area contributed by atoms with Crippen LogP contribution >= 0.6 is 0 Å². The van der Waals surface area contributed by atoms with Gasteiger partial charge in [-0.05, 0) is 19.3 Å². The van der Waals surface area contributed by atoms with Crippen LogP contribution in [0.2, 0.25) is 0 Å². The lowest BCUT2D eigenvalue weighted by atomic mass is 10.1. The van der Waals surface area contributed by atoms with Crippen molar-refractivity contribution in [2.24, 2.45) is 13.0 Å². The summed E-state index contributed by atoms with van der Waals surface area (Å²) in [5.41, 5.74) is 0. The molecule has 0 bridgehead atoms. The second-order valence-electron chi connectivity index (χ2n) is 5.18. The van der Waals surface area contributed by atoms with Gasteiger partial charge in [0.25, 0.3) is 0 Å². The quantitative estimate of drug-likeness (QED) is 0.741. The van der Waals surface area contributed by atoms with Crippen molar-refractivity contribution in [1.82, 2.24) is 9.78 Å². The molecule has 1 aromatic rings. The molecule has 0 fully saturated rings. The third-order valence-corrected chi connectivity index (χ3v) is 2.61. The van der Waals surface area contributed by atoms with Crippen LogP contribution in [0.3, 0.4) is 0 Å². The first-order valence-electron chi connectivity index (χ1n) is 6.50. The second-order valence-corrected chi connectivity index (χ2v) is 5.18. The van der Waals surface area contributed by atoms with Crippen LogP contribution in [0.4, 0.5) is 5.82 Å². The predicted octanol–water partition coefficient (Wildman–Crippen LogP) is 1.64. The maximum absolute atomic E-state index is 9.78. The Morgan fingerprint density at radius 1 is 1.44 bits per heavy atom. The van der Waals surface area contributed by atoms with Crippen LogP contribution in [0.15, 0.2) is 12.3 Å². The van der Waals surface area contributed by atoms with Crippen LogP contribution in [0.25, 0.3) is 0 Å². The van der Waals surface area contributed by atoms with Gasteiger partial charge in [0.05, 0.1) is 18.8 Å². The fraction of sp³-hybridized carbons (Fsp3) is 0.769. The van der Waals surface area contributed by atoms with Gasteiger partial charge >= 0.3 is 0 Å². The minimum atomic E-state index is -0.512. The summed E-state index contributed by atoms with van der Waals surface area (Å²) in [6, 6.07) is 1.87. The fourth-order valence-corrected chi connectivity index (χ4v) is 1.80. The average Bonchev–Trinajstić information content (AvgIpc) is 2.69. The lowest BCUT2D eigenvalue weighted by molar-refractivity contribution is -0.00446. The lowest BCUT2D eigenvalue weighted by Gasteiger charge is -2.18. The number of nitrogens with zero attached hydrogens (tertiary/aromatic N) is 2. The molecule has 104 valence electrons. The summed E-state index contributed by atoms with van der Waals surface area (Å²) in [4.78, 5) is 0. The number of aliphatic hydroxyl groups is 1. The normalized spacial score (nSPS) is 14.8. The topological polar surface area (TPSA) is 59.3 Å². The van der Waals surface area contributed by atoms with Gasteiger partial charge in [-0.2, -0.15) is 5.10 Å². The van der Waals surface area contributed by atoms with Crippen molar-refractivity contribution >= 4 is 5.82 Å². The number of rotatable bonds is 8. The number of nitrogens with one attached hydrogen (secondary N) is 1. The van der Waals surface area contributed by atoms with Gasteiger partial charge in [-0.1, -0.05) is 13.8 Å². The summed E-state index contributed by atoms with van der Waals surface area (Å²) in [6.45, 7) is 7.18. The summed E-state index contributed by atoms with van der Waals surface area (Å²) >= 11 is 0. The van der Waals surface area contributed by atoms with E-state index in [1.807, 2.05) is 26.2 Å². The Morgan fingerprint density at radius 3 is 2.72 bits per heavy atom. The third-order valence-electron chi connectivity index (χ3n) is 2.61. The summed E-state index contributed by atoms with van der Waals surface area (Å²) < 4.78 is 7.31. The highest BCUT2D eigenvalue weighted by Crippen LogP contribution is 2.08. The molecular formula is C13H25N3O2. The lowest BCUT2D eigenvalue weighted by Crippen LogP contribution is -2.27. The second kappa shape index (κ2) is 7.38. The summed E-state index contributed by atoms with van der Waals surface area (Å²) in [5, 5.41) is 17.0. The van der Waals surface area contributed by atoms with Gasteiger partial charge in [-0.3, -0.25) is 4.68 Å². The van der Waals surface area contributed by atoms with E-state index in [2.05, 4.69) is 24.3 Å². The van der Waals surface area contributed by atoms with Crippen LogP contribution in [-0.4, -0.2) is 40.2 Å². The fourth-order valence-electron chi connectivity index (χ4n) is 1.80. The predicted molar refractivity (Wildman–Crippen MR) is 72.6 cm³/mol. The number of aryl methyl sites for hydroxylation is 1. The van der Waals surface area contributed by atoms with Gasteiger partial charge in [0, 0.05) is 25.9 Å². The SMILES string of the molecule is CC(C)CC(C)OCC(O)CNc1ccn(C)n1. The van der Waals surface area contributed by atoms with E-state index < -0.39 is 6.10 Å². The highest BCUT2D eigenvalue weighted by molar-refractivity contribution is 5.31. The standard InChI is InChI=1S/C13H25N3O2/c1-10(2)7-11(3)18-9-12(17)8-14-13-5-6-16(4)15-13/h5-6,10-12,17H,7-9H2,1-4H3,(H,14,15). The molecule has 1 rings (SSSR count). The van der Waals surface area contributed by atoms with E-state index in [1.54, 1.807) is 4.68 Å². The van der Waals surface area contributed by atoms with Gasteiger partial charge in [0.15, 0.2) is 0 Å². The number of aromatic nitrogens is 2. The van der Waals surface area contributed by atoms with Crippen LogP contribution < -0.4 is 5.32 Å². The molecule has 1 aromatic heterocycles. The van der Waals surface area contributed by atoms with E-state index >= 15 is 0 Å². The van der Waals surface area contributed by atoms with Crippen LogP contribution in [0, 0.1) is 5.92 Å². The monoisotopic (exact) mass is 255 g/mol. The van der Waals surface area contributed by atoms with Crippen molar-refractivity contribution in [3.63, 3.8) is 0 Å². The van der Waals surface area contributed by atoms with Gasteiger partial charge in [0.1, 0.15) is 5.82 Å². The molecule has 0 saturated heterocycles. The Bertz CT molecular complexity index is 339. The largest absolute Gasteiger partial charge is 0.389 e. The van der Waals surface area contributed by atoms with Crippen molar-refractivity contribution in [3.8, 4) is 0 Å². The molecule has 2 N–H and O–H groups in total. The van der Waals surface area contributed by atoms with E-state index in [0.717, 1.165) is 12.2 Å². The van der Waals surface area contributed by atoms with Crippen molar-refractivity contribution in [2.75, 3.05) is 18.5 Å². The third kappa shape index (κ3) is 6.02. The van der Waals surface area contributed by atoms with Crippen molar-refractivity contribution < 1.29 is 9.84 Å². The van der Waals surface area contributed by atoms with E-state index in [4.69, 9.17) is 4.74 Å². The number of hydrogen-bond donors (Lipinski definition) is 2. The van der Waals surface area contributed by atoms with E-state index in [9.17, 15) is 5.11 Å². The molecular weight excluding hydrogens is 230 g/mol. The van der Waals surface area contributed by atoms with E-state index in [1.165, 1.54) is 0 Å². The van der Waals surface area contributed by atoms with Crippen LogP contribution in [-0.2, 0) is 11.8 Å². The molecule has 0 spiro atoms. The number of ether oxygens (including phenoxy) is 1. The Kier molecular flexibility index (Phi) is 6.15. The number of anilines is 1. The first kappa shape index (κ1) is 15.0. The van der Waals surface area contributed by atoms with Gasteiger partial charge in [0.2, 0.25) is 0 Å². The molecule has 0 aliphatic heterocycles. The molecule has 0 aliphatic rings. The maximum Gasteiger partial charge on any atom is 0.148 e. The Morgan fingerprint density at radius 2 is 2.17 bits per heavy atom. The first-order chi connectivity index (χ1) is 8.47. The Balaban J connectivity index is 2.15. The summed E-state index contributed by atoms with van der Waals surface area (Å²) in [7, 11) is 1.86. The van der Waals surface area contributed by atoms with E-state index in [-0.39, 0.29) is 6.10 Å². The highest BCUT2D eigenvalue weighted by Gasteiger charge is 2.10. The molecule has 2 atom stereocenters. The smallest absolute Gasteiger partial charge is 0.148 e. The van der Waals surface area contributed by atoms with Gasteiger partial charge in [-0.25, -0.2) is 0 Å².